The summed E-state index contributed by atoms with van der Waals surface area (Å²) in [6.07, 6.45) is 3.69. The molecule has 0 bridgehead atoms. The summed E-state index contributed by atoms with van der Waals surface area (Å²) in [5.74, 6) is 0.775. The van der Waals surface area contributed by atoms with Crippen LogP contribution in [-0.4, -0.2) is 47.1 Å². The van der Waals surface area contributed by atoms with Crippen LogP contribution < -0.4 is 5.32 Å². The summed E-state index contributed by atoms with van der Waals surface area (Å²) in [5, 5.41) is 3.43. The molecule has 6 heteroatoms. The van der Waals surface area contributed by atoms with Crippen molar-refractivity contribution < 1.29 is 9.53 Å². The number of aromatic nitrogens is 2. The number of nitrogens with one attached hydrogen (secondary N) is 1. The fourth-order valence-electron chi connectivity index (χ4n) is 3.19. The van der Waals surface area contributed by atoms with Crippen LogP contribution in [0.1, 0.15) is 34.6 Å². The van der Waals surface area contributed by atoms with Gasteiger partial charge in [-0.1, -0.05) is 30.3 Å². The molecule has 1 fully saturated rings. The number of benzene rings is 1. The van der Waals surface area contributed by atoms with Gasteiger partial charge in [-0.25, -0.2) is 14.8 Å². The molecule has 1 aliphatic heterocycles. The number of rotatable bonds is 5. The van der Waals surface area contributed by atoms with Gasteiger partial charge >= 0.3 is 5.97 Å². The lowest BCUT2D eigenvalue weighted by Crippen LogP contribution is -2.42. The van der Waals surface area contributed by atoms with Crippen molar-refractivity contribution in [1.82, 2.24) is 14.9 Å². The van der Waals surface area contributed by atoms with E-state index in [1.165, 1.54) is 18.9 Å². The van der Waals surface area contributed by atoms with Gasteiger partial charge in [0.05, 0.1) is 7.11 Å². The van der Waals surface area contributed by atoms with E-state index in [-0.39, 0.29) is 6.04 Å². The van der Waals surface area contributed by atoms with Crippen LogP contribution in [0.4, 0.5) is 5.82 Å². The van der Waals surface area contributed by atoms with Gasteiger partial charge in [-0.2, -0.15) is 0 Å². The minimum Gasteiger partial charge on any atom is -0.465 e. The summed E-state index contributed by atoms with van der Waals surface area (Å²) in [4.78, 5) is 22.9. The van der Waals surface area contributed by atoms with Crippen molar-refractivity contribution in [3.8, 4) is 0 Å². The standard InChI is InChI=1S/C19H24N4O2/c1-14-20-11-17(19(24)25-2)18(21-14)22-16-9-6-10-23(13-16)12-15-7-4-3-5-8-15/h3-5,7-8,11,16H,6,9-10,12-13H2,1-2H3,(H,20,21,22). The first-order valence-corrected chi connectivity index (χ1v) is 8.60. The minimum atomic E-state index is -0.417. The third kappa shape index (κ3) is 4.54. The number of carbonyl (C=O) groups excluding carboxylic acids is 1. The lowest BCUT2D eigenvalue weighted by atomic mass is 10.0. The second kappa shape index (κ2) is 8.07. The second-order valence-electron chi connectivity index (χ2n) is 6.38. The first-order chi connectivity index (χ1) is 12.2. The Balaban J connectivity index is 1.68. The van der Waals surface area contributed by atoms with E-state index in [1.54, 1.807) is 0 Å². The molecule has 2 heterocycles. The Morgan fingerprint density at radius 2 is 2.16 bits per heavy atom. The molecule has 0 spiro atoms. The average Bonchev–Trinajstić information content (AvgIpc) is 2.62. The summed E-state index contributed by atoms with van der Waals surface area (Å²) in [6.45, 7) is 4.75. The molecular weight excluding hydrogens is 316 g/mol. The highest BCUT2D eigenvalue weighted by atomic mass is 16.5. The molecule has 1 unspecified atom stereocenters. The van der Waals surface area contributed by atoms with Gasteiger partial charge in [0.2, 0.25) is 0 Å². The SMILES string of the molecule is COC(=O)c1cnc(C)nc1NC1CCCN(Cc2ccccc2)C1. The van der Waals surface area contributed by atoms with Crippen LogP contribution in [0.3, 0.4) is 0 Å². The molecule has 0 aliphatic carbocycles. The predicted octanol–water partition coefficient (Wildman–Crippen LogP) is 2.65. The number of piperidine rings is 1. The topological polar surface area (TPSA) is 67.3 Å². The van der Waals surface area contributed by atoms with Crippen LogP contribution in [0.2, 0.25) is 0 Å². The number of methoxy groups -OCH3 is 1. The predicted molar refractivity (Wildman–Crippen MR) is 96.5 cm³/mol. The molecule has 2 aromatic rings. The van der Waals surface area contributed by atoms with Gasteiger partial charge in [-0.15, -0.1) is 0 Å². The Kier molecular flexibility index (Phi) is 5.60. The van der Waals surface area contributed by atoms with Crippen LogP contribution in [0.5, 0.6) is 0 Å². The number of anilines is 1. The Labute approximate surface area is 148 Å². The largest absolute Gasteiger partial charge is 0.465 e. The molecule has 1 N–H and O–H groups in total. The van der Waals surface area contributed by atoms with Crippen molar-refractivity contribution in [2.75, 3.05) is 25.5 Å². The zero-order valence-electron chi connectivity index (χ0n) is 14.7. The summed E-state index contributed by atoms with van der Waals surface area (Å²) >= 11 is 0. The quantitative estimate of drug-likeness (QED) is 0.844. The fraction of sp³-hybridized carbons (Fsp3) is 0.421. The molecule has 1 saturated heterocycles. The molecule has 3 rings (SSSR count). The van der Waals surface area contributed by atoms with Crippen molar-refractivity contribution in [3.63, 3.8) is 0 Å². The Hall–Kier alpha value is -2.47. The van der Waals surface area contributed by atoms with Gasteiger partial charge < -0.3 is 10.1 Å². The molecule has 0 radical (unpaired) electrons. The summed E-state index contributed by atoms with van der Waals surface area (Å²) in [7, 11) is 1.37. The number of ether oxygens (including phenoxy) is 1. The smallest absolute Gasteiger partial charge is 0.343 e. The molecule has 132 valence electrons. The van der Waals surface area contributed by atoms with Gasteiger partial charge in [0.15, 0.2) is 0 Å². The van der Waals surface area contributed by atoms with E-state index in [0.29, 0.717) is 17.2 Å². The molecule has 0 saturated carbocycles. The van der Waals surface area contributed by atoms with Crippen molar-refractivity contribution in [3.05, 3.63) is 53.5 Å². The molecule has 1 aromatic carbocycles. The molecular formula is C19H24N4O2. The third-order valence-electron chi connectivity index (χ3n) is 4.41. The maximum atomic E-state index is 11.9. The first kappa shape index (κ1) is 17.4. The third-order valence-corrected chi connectivity index (χ3v) is 4.41. The van der Waals surface area contributed by atoms with E-state index < -0.39 is 5.97 Å². The average molecular weight is 340 g/mol. The van der Waals surface area contributed by atoms with Crippen LogP contribution in [-0.2, 0) is 11.3 Å². The zero-order valence-corrected chi connectivity index (χ0v) is 14.7. The maximum absolute atomic E-state index is 11.9. The van der Waals surface area contributed by atoms with E-state index in [0.717, 1.165) is 32.5 Å². The molecule has 6 nitrogen and oxygen atoms in total. The van der Waals surface area contributed by atoms with Gasteiger partial charge in [0, 0.05) is 25.3 Å². The maximum Gasteiger partial charge on any atom is 0.343 e. The number of hydrogen-bond donors (Lipinski definition) is 1. The highest BCUT2D eigenvalue weighted by molar-refractivity contribution is 5.94. The van der Waals surface area contributed by atoms with E-state index in [2.05, 4.69) is 44.5 Å². The second-order valence-corrected chi connectivity index (χ2v) is 6.38. The van der Waals surface area contributed by atoms with Crippen LogP contribution in [0, 0.1) is 6.92 Å². The van der Waals surface area contributed by atoms with Gasteiger partial charge in [-0.3, -0.25) is 4.90 Å². The monoisotopic (exact) mass is 340 g/mol. The molecule has 25 heavy (non-hydrogen) atoms. The summed E-state index contributed by atoms with van der Waals surface area (Å²) in [6, 6.07) is 10.7. The van der Waals surface area contributed by atoms with Crippen LogP contribution in [0.25, 0.3) is 0 Å². The normalized spacial score (nSPS) is 17.9. The fourth-order valence-corrected chi connectivity index (χ4v) is 3.19. The number of nitrogens with zero attached hydrogens (tertiary/aromatic N) is 3. The zero-order chi connectivity index (χ0) is 17.6. The van der Waals surface area contributed by atoms with Gasteiger partial charge in [-0.05, 0) is 31.9 Å². The summed E-state index contributed by atoms with van der Waals surface area (Å²) < 4.78 is 4.84. The number of esters is 1. The van der Waals surface area contributed by atoms with Crippen LogP contribution >= 0.6 is 0 Å². The first-order valence-electron chi connectivity index (χ1n) is 8.60. The Morgan fingerprint density at radius 1 is 1.36 bits per heavy atom. The van der Waals surface area contributed by atoms with E-state index in [1.807, 2.05) is 13.0 Å². The lowest BCUT2D eigenvalue weighted by molar-refractivity contribution is 0.0601. The van der Waals surface area contributed by atoms with Crippen molar-refractivity contribution in [1.29, 1.82) is 0 Å². The Bertz CT molecular complexity index is 721. The van der Waals surface area contributed by atoms with Crippen molar-refractivity contribution in [2.24, 2.45) is 0 Å². The van der Waals surface area contributed by atoms with E-state index in [9.17, 15) is 4.79 Å². The molecule has 0 amide bonds. The number of aryl methyl sites for hydroxylation is 1. The summed E-state index contributed by atoms with van der Waals surface area (Å²) in [5.41, 5.74) is 1.70. The van der Waals surface area contributed by atoms with Gasteiger partial charge in [0.25, 0.3) is 0 Å². The molecule has 1 aliphatic rings. The number of hydrogen-bond acceptors (Lipinski definition) is 6. The highest BCUT2D eigenvalue weighted by Crippen LogP contribution is 2.20. The lowest BCUT2D eigenvalue weighted by Gasteiger charge is -2.33. The molecule has 1 atom stereocenters. The minimum absolute atomic E-state index is 0.246. The number of likely N-dealkylation sites (tertiary alicyclic amines) is 1. The number of carbonyl (C=O) groups is 1. The van der Waals surface area contributed by atoms with Gasteiger partial charge in [0.1, 0.15) is 17.2 Å². The Morgan fingerprint density at radius 3 is 2.92 bits per heavy atom. The molecule has 1 aromatic heterocycles. The van der Waals surface area contributed by atoms with Crippen molar-refractivity contribution in [2.45, 2.75) is 32.4 Å². The van der Waals surface area contributed by atoms with E-state index >= 15 is 0 Å². The highest BCUT2D eigenvalue weighted by Gasteiger charge is 2.23. The van der Waals surface area contributed by atoms with Crippen molar-refractivity contribution >= 4 is 11.8 Å². The van der Waals surface area contributed by atoms with Crippen LogP contribution in [0.15, 0.2) is 36.5 Å². The van der Waals surface area contributed by atoms with E-state index in [4.69, 9.17) is 4.74 Å².